The van der Waals surface area contributed by atoms with Crippen molar-refractivity contribution in [3.05, 3.63) is 40.5 Å². The van der Waals surface area contributed by atoms with Crippen molar-refractivity contribution in [3.63, 3.8) is 0 Å². The smallest absolute Gasteiger partial charge is 0.207 e. The molecule has 6 heteroatoms. The fraction of sp³-hybridized carbons (Fsp3) is 0.143. The number of methoxy groups -OCH3 is 1. The molecular formula is C14H13BrN4O. The van der Waals surface area contributed by atoms with Gasteiger partial charge in [0.2, 0.25) is 5.95 Å². The molecule has 0 aliphatic carbocycles. The van der Waals surface area contributed by atoms with Crippen LogP contribution in [0.3, 0.4) is 0 Å². The van der Waals surface area contributed by atoms with Gasteiger partial charge in [-0.2, -0.15) is 0 Å². The van der Waals surface area contributed by atoms with Crippen LogP contribution >= 0.6 is 15.9 Å². The standard InChI is InChI=1S/C14H13BrN4O/c1-8-5-11-13(17-7-8)19(14(16)18-11)9-3-4-10(15)12(6-9)20-2/h3-7H,1-2H3,(H2,16,18). The summed E-state index contributed by atoms with van der Waals surface area (Å²) in [6.07, 6.45) is 1.80. The van der Waals surface area contributed by atoms with E-state index in [2.05, 4.69) is 25.9 Å². The summed E-state index contributed by atoms with van der Waals surface area (Å²) in [6, 6.07) is 7.70. The molecule has 20 heavy (non-hydrogen) atoms. The SMILES string of the molecule is COc1cc(-n2c(N)nc3cc(C)cnc32)ccc1Br. The van der Waals surface area contributed by atoms with Crippen LogP contribution < -0.4 is 10.5 Å². The van der Waals surface area contributed by atoms with E-state index < -0.39 is 0 Å². The maximum Gasteiger partial charge on any atom is 0.207 e. The topological polar surface area (TPSA) is 66.0 Å². The molecule has 3 rings (SSSR count). The summed E-state index contributed by atoms with van der Waals surface area (Å²) in [5.41, 5.74) is 9.45. The minimum absolute atomic E-state index is 0.405. The Bertz CT molecular complexity index is 797. The van der Waals surface area contributed by atoms with Gasteiger partial charge >= 0.3 is 0 Å². The molecule has 0 radical (unpaired) electrons. The van der Waals surface area contributed by atoms with Crippen LogP contribution in [0.2, 0.25) is 0 Å². The zero-order valence-corrected chi connectivity index (χ0v) is 12.7. The van der Waals surface area contributed by atoms with Crippen molar-refractivity contribution in [2.75, 3.05) is 12.8 Å². The maximum absolute atomic E-state index is 6.02. The Morgan fingerprint density at radius 3 is 2.85 bits per heavy atom. The van der Waals surface area contributed by atoms with E-state index in [0.29, 0.717) is 5.95 Å². The Hall–Kier alpha value is -2.08. The highest BCUT2D eigenvalue weighted by Gasteiger charge is 2.13. The predicted molar refractivity (Wildman–Crippen MR) is 82.3 cm³/mol. The summed E-state index contributed by atoms with van der Waals surface area (Å²) >= 11 is 3.43. The number of pyridine rings is 1. The molecule has 2 N–H and O–H groups in total. The molecule has 102 valence electrons. The number of anilines is 1. The van der Waals surface area contributed by atoms with Crippen molar-refractivity contribution in [3.8, 4) is 11.4 Å². The van der Waals surface area contributed by atoms with Gasteiger partial charge in [-0.3, -0.25) is 4.57 Å². The van der Waals surface area contributed by atoms with E-state index in [1.807, 2.05) is 35.8 Å². The third kappa shape index (κ3) is 2.02. The Kier molecular flexibility index (Phi) is 3.10. The second kappa shape index (κ2) is 4.79. The molecule has 5 nitrogen and oxygen atoms in total. The number of nitrogen functional groups attached to an aromatic ring is 1. The number of nitrogens with two attached hydrogens (primary N) is 1. The van der Waals surface area contributed by atoms with Crippen LogP contribution in [0.4, 0.5) is 5.95 Å². The molecule has 2 aromatic heterocycles. The van der Waals surface area contributed by atoms with Gasteiger partial charge in [0.05, 0.1) is 17.3 Å². The molecule has 0 spiro atoms. The van der Waals surface area contributed by atoms with E-state index in [1.54, 1.807) is 13.3 Å². The highest BCUT2D eigenvalue weighted by Crippen LogP contribution is 2.30. The van der Waals surface area contributed by atoms with Gasteiger partial charge in [-0.1, -0.05) is 0 Å². The third-order valence-electron chi connectivity index (χ3n) is 3.05. The van der Waals surface area contributed by atoms with Crippen molar-refractivity contribution >= 4 is 33.0 Å². The lowest BCUT2D eigenvalue weighted by atomic mass is 10.3. The minimum atomic E-state index is 0.405. The highest BCUT2D eigenvalue weighted by molar-refractivity contribution is 9.10. The Labute approximate surface area is 124 Å². The number of ether oxygens (including phenoxy) is 1. The summed E-state index contributed by atoms with van der Waals surface area (Å²) in [5, 5.41) is 0. The number of imidazole rings is 1. The van der Waals surface area contributed by atoms with Gasteiger partial charge < -0.3 is 10.5 Å². The lowest BCUT2D eigenvalue weighted by Gasteiger charge is -2.09. The number of aryl methyl sites for hydroxylation is 1. The van der Waals surface area contributed by atoms with Crippen molar-refractivity contribution < 1.29 is 4.74 Å². The fourth-order valence-corrected chi connectivity index (χ4v) is 2.53. The van der Waals surface area contributed by atoms with Crippen LogP contribution in [0.5, 0.6) is 5.75 Å². The quantitative estimate of drug-likeness (QED) is 0.783. The van der Waals surface area contributed by atoms with Crippen LogP contribution in [0, 0.1) is 6.92 Å². The molecule has 0 aliphatic heterocycles. The second-order valence-electron chi connectivity index (χ2n) is 4.48. The van der Waals surface area contributed by atoms with E-state index in [-0.39, 0.29) is 0 Å². The number of nitrogens with zero attached hydrogens (tertiary/aromatic N) is 3. The van der Waals surface area contributed by atoms with Crippen LogP contribution in [0.15, 0.2) is 34.9 Å². The average molecular weight is 333 g/mol. The molecule has 0 bridgehead atoms. The highest BCUT2D eigenvalue weighted by atomic mass is 79.9. The van der Waals surface area contributed by atoms with Crippen LogP contribution in [0.1, 0.15) is 5.56 Å². The first-order chi connectivity index (χ1) is 9.60. The monoisotopic (exact) mass is 332 g/mol. The summed E-state index contributed by atoms with van der Waals surface area (Å²) < 4.78 is 8.01. The van der Waals surface area contributed by atoms with Crippen molar-refractivity contribution in [1.82, 2.24) is 14.5 Å². The largest absolute Gasteiger partial charge is 0.495 e. The summed E-state index contributed by atoms with van der Waals surface area (Å²) in [4.78, 5) is 8.78. The normalized spacial score (nSPS) is 10.9. The Morgan fingerprint density at radius 1 is 1.30 bits per heavy atom. The molecular weight excluding hydrogens is 320 g/mol. The number of hydrogen-bond donors (Lipinski definition) is 1. The fourth-order valence-electron chi connectivity index (χ4n) is 2.13. The number of hydrogen-bond acceptors (Lipinski definition) is 4. The van der Waals surface area contributed by atoms with E-state index in [9.17, 15) is 0 Å². The molecule has 0 saturated carbocycles. The van der Waals surface area contributed by atoms with E-state index >= 15 is 0 Å². The van der Waals surface area contributed by atoms with Gasteiger partial charge in [0, 0.05) is 12.3 Å². The zero-order valence-electron chi connectivity index (χ0n) is 11.1. The number of aromatic nitrogens is 3. The minimum Gasteiger partial charge on any atom is -0.495 e. The lowest BCUT2D eigenvalue weighted by Crippen LogP contribution is -2.02. The van der Waals surface area contributed by atoms with Crippen LogP contribution in [-0.2, 0) is 0 Å². The van der Waals surface area contributed by atoms with Crippen molar-refractivity contribution in [2.24, 2.45) is 0 Å². The first-order valence-electron chi connectivity index (χ1n) is 6.04. The molecule has 0 unspecified atom stereocenters. The van der Waals surface area contributed by atoms with Gasteiger partial charge in [0.15, 0.2) is 5.65 Å². The predicted octanol–water partition coefficient (Wildman–Crippen LogP) is 3.08. The Balaban J connectivity index is 2.26. The lowest BCUT2D eigenvalue weighted by molar-refractivity contribution is 0.412. The Morgan fingerprint density at radius 2 is 2.10 bits per heavy atom. The maximum atomic E-state index is 6.02. The van der Waals surface area contributed by atoms with Gasteiger partial charge in [-0.15, -0.1) is 0 Å². The number of fused-ring (bicyclic) bond motifs is 1. The summed E-state index contributed by atoms with van der Waals surface area (Å²) in [5.74, 6) is 1.14. The third-order valence-corrected chi connectivity index (χ3v) is 3.71. The van der Waals surface area contributed by atoms with Crippen LogP contribution in [-0.4, -0.2) is 21.6 Å². The molecule has 0 saturated heterocycles. The number of benzene rings is 1. The summed E-state index contributed by atoms with van der Waals surface area (Å²) in [7, 11) is 1.63. The number of halogens is 1. The summed E-state index contributed by atoms with van der Waals surface area (Å²) in [6.45, 7) is 1.98. The van der Waals surface area contributed by atoms with E-state index in [1.165, 1.54) is 0 Å². The first kappa shape index (κ1) is 12.9. The first-order valence-corrected chi connectivity index (χ1v) is 6.84. The molecule has 0 amide bonds. The molecule has 0 aliphatic rings. The molecule has 3 aromatic rings. The second-order valence-corrected chi connectivity index (χ2v) is 5.33. The van der Waals surface area contributed by atoms with E-state index in [0.717, 1.165) is 32.6 Å². The van der Waals surface area contributed by atoms with Crippen LogP contribution in [0.25, 0.3) is 16.9 Å². The average Bonchev–Trinajstić information content (AvgIpc) is 2.74. The molecule has 0 fully saturated rings. The molecule has 1 aromatic carbocycles. The molecule has 0 atom stereocenters. The van der Waals surface area contributed by atoms with Gasteiger partial charge in [0.1, 0.15) is 11.3 Å². The van der Waals surface area contributed by atoms with Gasteiger partial charge in [-0.25, -0.2) is 9.97 Å². The van der Waals surface area contributed by atoms with E-state index in [4.69, 9.17) is 10.5 Å². The van der Waals surface area contributed by atoms with Gasteiger partial charge in [-0.05, 0) is 46.6 Å². The van der Waals surface area contributed by atoms with Crippen molar-refractivity contribution in [2.45, 2.75) is 6.92 Å². The zero-order chi connectivity index (χ0) is 14.3. The van der Waals surface area contributed by atoms with Crippen molar-refractivity contribution in [1.29, 1.82) is 0 Å². The van der Waals surface area contributed by atoms with Gasteiger partial charge in [0.25, 0.3) is 0 Å². The molecule has 2 heterocycles. The number of rotatable bonds is 2.